The molecule has 1 amide bonds. The van der Waals surface area contributed by atoms with Gasteiger partial charge in [0.25, 0.3) is 5.91 Å². The first-order valence-corrected chi connectivity index (χ1v) is 8.08. The minimum absolute atomic E-state index is 0.0492. The molecule has 1 aliphatic rings. The van der Waals surface area contributed by atoms with Gasteiger partial charge < -0.3 is 11.1 Å². The lowest BCUT2D eigenvalue weighted by Crippen LogP contribution is -2.27. The lowest BCUT2D eigenvalue weighted by Gasteiger charge is -2.21. The van der Waals surface area contributed by atoms with Gasteiger partial charge in [-0.15, -0.1) is 0 Å². The first-order valence-electron chi connectivity index (χ1n) is 7.00. The third kappa shape index (κ3) is 4.37. The Kier molecular flexibility index (Phi) is 5.48. The molecular formula is C15H21IN2O. The van der Waals surface area contributed by atoms with Gasteiger partial charge in [0.05, 0.1) is 5.56 Å². The number of nitrogens with one attached hydrogen (secondary N) is 1. The van der Waals surface area contributed by atoms with Gasteiger partial charge in [-0.2, -0.15) is 0 Å². The Labute approximate surface area is 128 Å². The summed E-state index contributed by atoms with van der Waals surface area (Å²) in [6.07, 6.45) is 7.81. The second-order valence-electron chi connectivity index (χ2n) is 5.28. The molecule has 3 nitrogen and oxygen atoms in total. The van der Waals surface area contributed by atoms with Crippen LogP contribution in [0.4, 0.5) is 5.69 Å². The van der Waals surface area contributed by atoms with Crippen LogP contribution in [-0.2, 0) is 0 Å². The number of benzene rings is 1. The van der Waals surface area contributed by atoms with E-state index in [1.165, 1.54) is 32.1 Å². The number of carbonyl (C=O) groups is 1. The number of nitrogens with two attached hydrogens (primary N) is 1. The van der Waals surface area contributed by atoms with E-state index in [9.17, 15) is 4.79 Å². The van der Waals surface area contributed by atoms with Crippen LogP contribution >= 0.6 is 22.6 Å². The minimum Gasteiger partial charge on any atom is -0.398 e. The molecule has 1 aromatic rings. The lowest BCUT2D eigenvalue weighted by atomic mass is 9.87. The molecule has 104 valence electrons. The van der Waals surface area contributed by atoms with Crippen molar-refractivity contribution in [1.29, 1.82) is 0 Å². The van der Waals surface area contributed by atoms with Crippen LogP contribution < -0.4 is 11.1 Å². The van der Waals surface area contributed by atoms with Crippen LogP contribution in [0.3, 0.4) is 0 Å². The van der Waals surface area contributed by atoms with Crippen LogP contribution in [0.2, 0.25) is 0 Å². The summed E-state index contributed by atoms with van der Waals surface area (Å²) in [7, 11) is 0. The highest BCUT2D eigenvalue weighted by molar-refractivity contribution is 14.1. The Bertz CT molecular complexity index is 442. The van der Waals surface area contributed by atoms with Crippen molar-refractivity contribution >= 4 is 34.2 Å². The van der Waals surface area contributed by atoms with Crippen molar-refractivity contribution in [1.82, 2.24) is 5.32 Å². The number of nitrogen functional groups attached to an aromatic ring is 1. The summed E-state index contributed by atoms with van der Waals surface area (Å²) in [6, 6.07) is 5.54. The maximum Gasteiger partial charge on any atom is 0.253 e. The largest absolute Gasteiger partial charge is 0.398 e. The highest BCUT2D eigenvalue weighted by Crippen LogP contribution is 2.25. The fourth-order valence-electron chi connectivity index (χ4n) is 2.69. The van der Waals surface area contributed by atoms with Gasteiger partial charge in [0.15, 0.2) is 0 Å². The molecule has 19 heavy (non-hydrogen) atoms. The van der Waals surface area contributed by atoms with Gasteiger partial charge in [-0.1, -0.05) is 32.1 Å². The smallest absolute Gasteiger partial charge is 0.253 e. The summed E-state index contributed by atoms with van der Waals surface area (Å²) in [4.78, 5) is 12.1. The van der Waals surface area contributed by atoms with Gasteiger partial charge in [0.1, 0.15) is 0 Å². The normalized spacial score (nSPS) is 16.3. The molecule has 0 spiro atoms. The maximum absolute atomic E-state index is 12.1. The SMILES string of the molecule is Nc1ccc(I)cc1C(=O)NCCC1CCCCC1. The number of carbonyl (C=O) groups excluding carboxylic acids is 1. The van der Waals surface area contributed by atoms with Crippen molar-refractivity contribution in [3.63, 3.8) is 0 Å². The van der Waals surface area contributed by atoms with Crippen molar-refractivity contribution in [2.75, 3.05) is 12.3 Å². The van der Waals surface area contributed by atoms with Gasteiger partial charge in [-0.25, -0.2) is 0 Å². The molecule has 2 rings (SSSR count). The van der Waals surface area contributed by atoms with Gasteiger partial charge in [-0.05, 0) is 53.1 Å². The predicted molar refractivity (Wildman–Crippen MR) is 87.1 cm³/mol. The Morgan fingerprint density at radius 1 is 1.32 bits per heavy atom. The molecule has 0 saturated heterocycles. The molecule has 0 radical (unpaired) electrons. The topological polar surface area (TPSA) is 55.1 Å². The molecule has 1 saturated carbocycles. The summed E-state index contributed by atoms with van der Waals surface area (Å²) in [5, 5.41) is 2.99. The average Bonchev–Trinajstić information content (AvgIpc) is 2.42. The first kappa shape index (κ1) is 14.6. The molecule has 3 N–H and O–H groups in total. The summed E-state index contributed by atoms with van der Waals surface area (Å²) >= 11 is 2.19. The first-order chi connectivity index (χ1) is 9.16. The highest BCUT2D eigenvalue weighted by atomic mass is 127. The molecule has 0 atom stereocenters. The Morgan fingerprint density at radius 2 is 2.05 bits per heavy atom. The van der Waals surface area contributed by atoms with E-state index in [0.717, 1.165) is 22.5 Å². The van der Waals surface area contributed by atoms with Crippen molar-refractivity contribution in [2.24, 2.45) is 5.92 Å². The average molecular weight is 372 g/mol. The predicted octanol–water partition coefficient (Wildman–Crippen LogP) is 3.57. The zero-order chi connectivity index (χ0) is 13.7. The molecule has 1 aromatic carbocycles. The number of hydrogen-bond donors (Lipinski definition) is 2. The second kappa shape index (κ2) is 7.12. The summed E-state index contributed by atoms with van der Waals surface area (Å²) in [5.41, 5.74) is 6.99. The van der Waals surface area contributed by atoms with E-state index in [1.54, 1.807) is 6.07 Å². The van der Waals surface area contributed by atoms with Crippen LogP contribution in [0.5, 0.6) is 0 Å². The monoisotopic (exact) mass is 372 g/mol. The second-order valence-corrected chi connectivity index (χ2v) is 6.53. The van der Waals surface area contributed by atoms with E-state index < -0.39 is 0 Å². The van der Waals surface area contributed by atoms with E-state index in [4.69, 9.17) is 5.73 Å². The van der Waals surface area contributed by atoms with E-state index in [-0.39, 0.29) is 5.91 Å². The van der Waals surface area contributed by atoms with Crippen LogP contribution in [0.1, 0.15) is 48.9 Å². The Hall–Kier alpha value is -0.780. The van der Waals surface area contributed by atoms with Crippen LogP contribution in [0.25, 0.3) is 0 Å². The summed E-state index contributed by atoms with van der Waals surface area (Å²) < 4.78 is 1.03. The van der Waals surface area contributed by atoms with E-state index in [0.29, 0.717) is 11.3 Å². The molecular weight excluding hydrogens is 351 g/mol. The molecule has 1 aliphatic carbocycles. The Morgan fingerprint density at radius 3 is 2.79 bits per heavy atom. The third-order valence-electron chi connectivity index (χ3n) is 3.82. The van der Waals surface area contributed by atoms with Crippen molar-refractivity contribution in [3.8, 4) is 0 Å². The van der Waals surface area contributed by atoms with Gasteiger partial charge in [0, 0.05) is 15.8 Å². The molecule has 0 bridgehead atoms. The zero-order valence-electron chi connectivity index (χ0n) is 11.1. The summed E-state index contributed by atoms with van der Waals surface area (Å²) in [6.45, 7) is 0.758. The molecule has 0 heterocycles. The fraction of sp³-hybridized carbons (Fsp3) is 0.533. The number of hydrogen-bond acceptors (Lipinski definition) is 2. The molecule has 1 fully saturated rings. The van der Waals surface area contributed by atoms with Crippen LogP contribution in [0.15, 0.2) is 18.2 Å². The molecule has 0 unspecified atom stereocenters. The van der Waals surface area contributed by atoms with E-state index in [1.807, 2.05) is 12.1 Å². The van der Waals surface area contributed by atoms with Crippen molar-refractivity contribution in [2.45, 2.75) is 38.5 Å². The minimum atomic E-state index is -0.0492. The van der Waals surface area contributed by atoms with E-state index >= 15 is 0 Å². The van der Waals surface area contributed by atoms with Gasteiger partial charge >= 0.3 is 0 Å². The van der Waals surface area contributed by atoms with E-state index in [2.05, 4.69) is 27.9 Å². The van der Waals surface area contributed by atoms with Gasteiger partial charge in [0.2, 0.25) is 0 Å². The highest BCUT2D eigenvalue weighted by Gasteiger charge is 2.14. The molecule has 0 aliphatic heterocycles. The zero-order valence-corrected chi connectivity index (χ0v) is 13.3. The van der Waals surface area contributed by atoms with Crippen molar-refractivity contribution in [3.05, 3.63) is 27.3 Å². The fourth-order valence-corrected chi connectivity index (χ4v) is 3.18. The van der Waals surface area contributed by atoms with Gasteiger partial charge in [-0.3, -0.25) is 4.79 Å². The van der Waals surface area contributed by atoms with Crippen LogP contribution in [-0.4, -0.2) is 12.5 Å². The molecule has 0 aromatic heterocycles. The number of halogens is 1. The molecule has 4 heteroatoms. The summed E-state index contributed by atoms with van der Waals surface area (Å²) in [5.74, 6) is 0.745. The number of rotatable bonds is 4. The third-order valence-corrected chi connectivity index (χ3v) is 4.49. The standard InChI is InChI=1S/C15H21IN2O/c16-12-6-7-14(17)13(10-12)15(19)18-9-8-11-4-2-1-3-5-11/h6-7,10-11H,1-5,8-9,17H2,(H,18,19). The number of anilines is 1. The maximum atomic E-state index is 12.1. The lowest BCUT2D eigenvalue weighted by molar-refractivity contribution is 0.0951. The Balaban J connectivity index is 1.82. The van der Waals surface area contributed by atoms with Crippen molar-refractivity contribution < 1.29 is 4.79 Å². The quantitative estimate of drug-likeness (QED) is 0.627. The number of amides is 1. The van der Waals surface area contributed by atoms with Crippen LogP contribution in [0, 0.1) is 9.49 Å².